The van der Waals surface area contributed by atoms with Crippen LogP contribution >= 0.6 is 15.9 Å². The molecule has 0 aliphatic rings. The van der Waals surface area contributed by atoms with Crippen LogP contribution in [0.2, 0.25) is 0 Å². The minimum absolute atomic E-state index is 0.00419. The SMILES string of the molecule is CC(/C=C/CO)Oc1ccc(Oc2cnc3cc(Br)ccc3n2)cc1. The van der Waals surface area contributed by atoms with Gasteiger partial charge in [0, 0.05) is 4.47 Å². The smallest absolute Gasteiger partial charge is 0.238 e. The fourth-order valence-electron chi connectivity index (χ4n) is 2.23. The number of nitrogens with zero attached hydrogens (tertiary/aromatic N) is 2. The summed E-state index contributed by atoms with van der Waals surface area (Å²) in [6.45, 7) is 1.91. The monoisotopic (exact) mass is 400 g/mol. The maximum atomic E-state index is 8.77. The van der Waals surface area contributed by atoms with Crippen LogP contribution in [0.3, 0.4) is 0 Å². The van der Waals surface area contributed by atoms with Crippen molar-refractivity contribution in [3.63, 3.8) is 0 Å². The summed E-state index contributed by atoms with van der Waals surface area (Å²) in [5.41, 5.74) is 1.57. The Kier molecular flexibility index (Phi) is 5.63. The van der Waals surface area contributed by atoms with Gasteiger partial charge in [0.1, 0.15) is 17.6 Å². The molecule has 25 heavy (non-hydrogen) atoms. The van der Waals surface area contributed by atoms with Crippen LogP contribution in [-0.2, 0) is 0 Å². The topological polar surface area (TPSA) is 64.5 Å². The van der Waals surface area contributed by atoms with Gasteiger partial charge in [0.25, 0.3) is 0 Å². The van der Waals surface area contributed by atoms with E-state index in [2.05, 4.69) is 25.9 Å². The number of aliphatic hydroxyl groups excluding tert-OH is 1. The maximum absolute atomic E-state index is 8.77. The Labute approximate surface area is 154 Å². The highest BCUT2D eigenvalue weighted by Gasteiger charge is 2.04. The quantitative estimate of drug-likeness (QED) is 0.617. The third-order valence-corrected chi connectivity index (χ3v) is 3.86. The number of hydrogen-bond acceptors (Lipinski definition) is 5. The second kappa shape index (κ2) is 8.09. The Morgan fingerprint density at radius 2 is 1.88 bits per heavy atom. The summed E-state index contributed by atoms with van der Waals surface area (Å²) >= 11 is 3.41. The average molecular weight is 401 g/mol. The van der Waals surface area contributed by atoms with Crippen LogP contribution in [0.4, 0.5) is 0 Å². The molecule has 5 nitrogen and oxygen atoms in total. The van der Waals surface area contributed by atoms with Gasteiger partial charge in [-0.2, -0.15) is 0 Å². The summed E-state index contributed by atoms with van der Waals surface area (Å²) in [5.74, 6) is 1.80. The lowest BCUT2D eigenvalue weighted by atomic mass is 10.3. The third kappa shape index (κ3) is 4.78. The largest absolute Gasteiger partial charge is 0.487 e. The van der Waals surface area contributed by atoms with Gasteiger partial charge in [0.05, 0.1) is 23.8 Å². The fourth-order valence-corrected chi connectivity index (χ4v) is 2.58. The van der Waals surface area contributed by atoms with Crippen molar-refractivity contribution in [2.24, 2.45) is 0 Å². The number of aromatic nitrogens is 2. The summed E-state index contributed by atoms with van der Waals surface area (Å²) in [4.78, 5) is 8.80. The van der Waals surface area contributed by atoms with Crippen molar-refractivity contribution in [3.8, 4) is 17.4 Å². The predicted molar refractivity (Wildman–Crippen MR) is 100 cm³/mol. The highest BCUT2D eigenvalue weighted by Crippen LogP contribution is 2.25. The fraction of sp³-hybridized carbons (Fsp3) is 0.158. The Morgan fingerprint density at radius 1 is 1.12 bits per heavy atom. The predicted octanol–water partition coefficient (Wildman–Crippen LogP) is 4.50. The standard InChI is InChI=1S/C19H17BrN2O3/c1-13(3-2-10-23)24-15-5-7-16(8-6-15)25-19-12-21-18-11-14(20)4-9-17(18)22-19/h2-9,11-13,23H,10H2,1H3/b3-2+. The molecule has 0 saturated carbocycles. The Hall–Kier alpha value is -2.44. The first-order valence-corrected chi connectivity index (χ1v) is 8.58. The van der Waals surface area contributed by atoms with Crippen LogP contribution in [0, 0.1) is 0 Å². The number of halogens is 1. The molecule has 0 radical (unpaired) electrons. The normalized spacial score (nSPS) is 12.4. The molecule has 1 atom stereocenters. The van der Waals surface area contributed by atoms with Crippen LogP contribution in [-0.4, -0.2) is 27.8 Å². The van der Waals surface area contributed by atoms with Crippen molar-refractivity contribution in [1.29, 1.82) is 0 Å². The van der Waals surface area contributed by atoms with Gasteiger partial charge >= 0.3 is 0 Å². The third-order valence-electron chi connectivity index (χ3n) is 3.36. The highest BCUT2D eigenvalue weighted by atomic mass is 79.9. The summed E-state index contributed by atoms with van der Waals surface area (Å²) in [6.07, 6.45) is 4.93. The first kappa shape index (κ1) is 17.4. The second-order valence-corrected chi connectivity index (χ2v) is 6.26. The van der Waals surface area contributed by atoms with Crippen LogP contribution in [0.1, 0.15) is 6.92 Å². The van der Waals surface area contributed by atoms with Crippen molar-refractivity contribution in [1.82, 2.24) is 9.97 Å². The van der Waals surface area contributed by atoms with E-state index in [1.54, 1.807) is 18.3 Å². The van der Waals surface area contributed by atoms with E-state index in [1.807, 2.05) is 49.4 Å². The van der Waals surface area contributed by atoms with Gasteiger partial charge in [0.15, 0.2) is 0 Å². The van der Waals surface area contributed by atoms with Crippen molar-refractivity contribution in [3.05, 3.63) is 65.3 Å². The highest BCUT2D eigenvalue weighted by molar-refractivity contribution is 9.10. The van der Waals surface area contributed by atoms with E-state index < -0.39 is 0 Å². The Balaban J connectivity index is 1.69. The van der Waals surface area contributed by atoms with Crippen LogP contribution < -0.4 is 9.47 Å². The van der Waals surface area contributed by atoms with E-state index in [1.165, 1.54) is 0 Å². The average Bonchev–Trinajstić information content (AvgIpc) is 2.62. The zero-order valence-electron chi connectivity index (χ0n) is 13.6. The van der Waals surface area contributed by atoms with Gasteiger partial charge in [-0.1, -0.05) is 22.0 Å². The molecule has 0 fully saturated rings. The van der Waals surface area contributed by atoms with Gasteiger partial charge in [-0.05, 0) is 55.5 Å². The molecular weight excluding hydrogens is 384 g/mol. The molecule has 0 spiro atoms. The molecule has 3 rings (SSSR count). The lowest BCUT2D eigenvalue weighted by Gasteiger charge is -2.11. The van der Waals surface area contributed by atoms with Crippen LogP contribution in [0.25, 0.3) is 11.0 Å². The van der Waals surface area contributed by atoms with Gasteiger partial charge in [-0.25, -0.2) is 9.97 Å². The molecule has 0 saturated heterocycles. The van der Waals surface area contributed by atoms with Crippen molar-refractivity contribution < 1.29 is 14.6 Å². The molecule has 0 aliphatic heterocycles. The number of fused-ring (bicyclic) bond motifs is 1. The molecule has 2 aromatic carbocycles. The number of aliphatic hydroxyl groups is 1. The van der Waals surface area contributed by atoms with E-state index >= 15 is 0 Å². The van der Waals surface area contributed by atoms with E-state index in [0.29, 0.717) is 11.6 Å². The summed E-state index contributed by atoms with van der Waals surface area (Å²) < 4.78 is 12.4. The molecule has 0 aliphatic carbocycles. The second-order valence-electron chi connectivity index (χ2n) is 5.35. The first-order chi connectivity index (χ1) is 12.1. The number of rotatable bonds is 6. The van der Waals surface area contributed by atoms with E-state index in [9.17, 15) is 0 Å². The summed E-state index contributed by atoms with van der Waals surface area (Å²) in [7, 11) is 0. The van der Waals surface area contributed by atoms with Crippen molar-refractivity contribution in [2.75, 3.05) is 6.61 Å². The van der Waals surface area contributed by atoms with Crippen molar-refractivity contribution in [2.45, 2.75) is 13.0 Å². The molecule has 0 bridgehead atoms. The molecule has 3 aromatic rings. The Bertz CT molecular complexity index is 881. The molecule has 0 amide bonds. The summed E-state index contributed by atoms with van der Waals surface area (Å²) in [6, 6.07) is 13.0. The van der Waals surface area contributed by atoms with Crippen LogP contribution in [0.5, 0.6) is 17.4 Å². The van der Waals surface area contributed by atoms with Gasteiger partial charge in [-0.15, -0.1) is 0 Å². The minimum Gasteiger partial charge on any atom is -0.487 e. The van der Waals surface area contributed by atoms with E-state index in [0.717, 1.165) is 21.3 Å². The number of ether oxygens (including phenoxy) is 2. The Morgan fingerprint density at radius 3 is 2.64 bits per heavy atom. The molecule has 1 heterocycles. The zero-order chi connectivity index (χ0) is 17.6. The zero-order valence-corrected chi connectivity index (χ0v) is 15.2. The maximum Gasteiger partial charge on any atom is 0.238 e. The van der Waals surface area contributed by atoms with Gasteiger partial charge in [0.2, 0.25) is 5.88 Å². The molecule has 1 unspecified atom stereocenters. The van der Waals surface area contributed by atoms with Crippen molar-refractivity contribution >= 4 is 27.0 Å². The van der Waals surface area contributed by atoms with Gasteiger partial charge in [-0.3, -0.25) is 0 Å². The van der Waals surface area contributed by atoms with Crippen LogP contribution in [0.15, 0.2) is 65.3 Å². The number of hydrogen-bond donors (Lipinski definition) is 1. The summed E-state index contributed by atoms with van der Waals surface area (Å²) in [5, 5.41) is 8.77. The molecular formula is C19H17BrN2O3. The lowest BCUT2D eigenvalue weighted by molar-refractivity contribution is 0.267. The van der Waals surface area contributed by atoms with E-state index in [4.69, 9.17) is 14.6 Å². The molecule has 1 N–H and O–H groups in total. The van der Waals surface area contributed by atoms with E-state index in [-0.39, 0.29) is 12.7 Å². The number of benzene rings is 2. The van der Waals surface area contributed by atoms with Gasteiger partial charge < -0.3 is 14.6 Å². The molecule has 1 aromatic heterocycles. The molecule has 128 valence electrons. The lowest BCUT2D eigenvalue weighted by Crippen LogP contribution is -2.08. The minimum atomic E-state index is -0.121. The molecule has 6 heteroatoms. The first-order valence-electron chi connectivity index (χ1n) is 7.78.